The van der Waals surface area contributed by atoms with Crippen molar-refractivity contribution in [2.45, 2.75) is 0 Å². The number of pyridine rings is 1. The largest absolute Gasteiger partial charge is 0.454 e. The van der Waals surface area contributed by atoms with E-state index in [4.69, 9.17) is 14.5 Å². The molecule has 128 valence electrons. The van der Waals surface area contributed by atoms with Crippen LogP contribution in [0.3, 0.4) is 0 Å². The number of imidazole rings is 1. The number of nitrogens with zero attached hydrogens (tertiary/aromatic N) is 2. The minimum absolute atomic E-state index is 0.231. The molecule has 1 aliphatic heterocycles. The maximum absolute atomic E-state index is 13.3. The number of rotatable bonds is 3. The molecule has 0 saturated heterocycles. The summed E-state index contributed by atoms with van der Waals surface area (Å²) in [4.78, 5) is 4.70. The fourth-order valence-corrected chi connectivity index (χ4v) is 3.04. The van der Waals surface area contributed by atoms with Crippen molar-refractivity contribution in [1.82, 2.24) is 9.38 Å². The molecule has 0 spiro atoms. The summed E-state index contributed by atoms with van der Waals surface area (Å²) in [5.41, 5.74) is 3.23. The number of hydrogen-bond donors (Lipinski definition) is 1. The lowest BCUT2D eigenvalue weighted by Crippen LogP contribution is -1.97. The summed E-state index contributed by atoms with van der Waals surface area (Å²) < 4.78 is 26.1. The first-order valence-corrected chi connectivity index (χ1v) is 8.18. The number of nitrogens with one attached hydrogen (secondary N) is 1. The van der Waals surface area contributed by atoms with Gasteiger partial charge >= 0.3 is 0 Å². The van der Waals surface area contributed by atoms with Gasteiger partial charge in [0.05, 0.1) is 0 Å². The minimum Gasteiger partial charge on any atom is -0.454 e. The van der Waals surface area contributed by atoms with E-state index in [1.54, 1.807) is 12.1 Å². The predicted octanol–water partition coefficient (Wildman–Crippen LogP) is 4.61. The van der Waals surface area contributed by atoms with Crippen molar-refractivity contribution < 1.29 is 13.9 Å². The highest BCUT2D eigenvalue weighted by Gasteiger charge is 2.17. The van der Waals surface area contributed by atoms with Gasteiger partial charge in [0.15, 0.2) is 11.5 Å². The Labute approximate surface area is 148 Å². The number of ether oxygens (including phenoxy) is 2. The van der Waals surface area contributed by atoms with E-state index in [2.05, 4.69) is 5.32 Å². The van der Waals surface area contributed by atoms with Crippen LogP contribution in [-0.4, -0.2) is 16.2 Å². The number of anilines is 2. The van der Waals surface area contributed by atoms with Crippen LogP contribution in [0, 0.1) is 5.82 Å². The lowest BCUT2D eigenvalue weighted by molar-refractivity contribution is 0.174. The summed E-state index contributed by atoms with van der Waals surface area (Å²) in [6, 6.07) is 17.8. The fourth-order valence-electron chi connectivity index (χ4n) is 3.04. The molecule has 2 aromatic carbocycles. The van der Waals surface area contributed by atoms with Crippen LogP contribution in [0.15, 0.2) is 66.9 Å². The Morgan fingerprint density at radius 2 is 1.81 bits per heavy atom. The third-order valence-corrected chi connectivity index (χ3v) is 4.28. The van der Waals surface area contributed by atoms with E-state index in [1.807, 2.05) is 47.0 Å². The summed E-state index contributed by atoms with van der Waals surface area (Å²) in [5.74, 6) is 1.95. The Bertz CT molecular complexity index is 1110. The molecule has 1 N–H and O–H groups in total. The second-order valence-electron chi connectivity index (χ2n) is 5.94. The van der Waals surface area contributed by atoms with Crippen LogP contribution in [0.5, 0.6) is 11.5 Å². The molecule has 2 aromatic heterocycles. The van der Waals surface area contributed by atoms with Crippen molar-refractivity contribution in [1.29, 1.82) is 0 Å². The lowest BCUT2D eigenvalue weighted by atomic mass is 10.1. The Kier molecular flexibility index (Phi) is 3.28. The SMILES string of the molecule is Fc1ccc(-c2nc3ccccn3c2Nc2ccc3c(c2)OCO3)cc1. The van der Waals surface area contributed by atoms with E-state index in [0.29, 0.717) is 5.75 Å². The first-order chi connectivity index (χ1) is 12.8. The van der Waals surface area contributed by atoms with Gasteiger partial charge in [-0.1, -0.05) is 6.07 Å². The molecule has 0 radical (unpaired) electrons. The number of halogens is 1. The van der Waals surface area contributed by atoms with Crippen LogP contribution >= 0.6 is 0 Å². The summed E-state index contributed by atoms with van der Waals surface area (Å²) in [5, 5.41) is 3.41. The number of aromatic nitrogens is 2. The van der Waals surface area contributed by atoms with E-state index in [-0.39, 0.29) is 12.6 Å². The maximum Gasteiger partial charge on any atom is 0.231 e. The Morgan fingerprint density at radius 1 is 0.962 bits per heavy atom. The third kappa shape index (κ3) is 2.43. The second kappa shape index (κ2) is 5.77. The number of fused-ring (bicyclic) bond motifs is 2. The average molecular weight is 347 g/mol. The highest BCUT2D eigenvalue weighted by atomic mass is 19.1. The van der Waals surface area contributed by atoms with Crippen LogP contribution in [0.25, 0.3) is 16.9 Å². The van der Waals surface area contributed by atoms with Crippen molar-refractivity contribution in [2.24, 2.45) is 0 Å². The monoisotopic (exact) mass is 347 g/mol. The maximum atomic E-state index is 13.3. The first kappa shape index (κ1) is 14.8. The molecule has 4 aromatic rings. The molecule has 0 atom stereocenters. The number of benzene rings is 2. The zero-order valence-corrected chi connectivity index (χ0v) is 13.6. The van der Waals surface area contributed by atoms with Crippen molar-refractivity contribution in [2.75, 3.05) is 12.1 Å². The lowest BCUT2D eigenvalue weighted by Gasteiger charge is -2.09. The van der Waals surface area contributed by atoms with Gasteiger partial charge in [0, 0.05) is 23.5 Å². The standard InChI is InChI=1S/C20H14FN3O2/c21-14-6-4-13(5-7-14)19-20(24-10-2-1-3-18(24)23-19)22-15-8-9-16-17(11-15)26-12-25-16/h1-11,22H,12H2. The van der Waals surface area contributed by atoms with Gasteiger partial charge in [-0.2, -0.15) is 0 Å². The van der Waals surface area contributed by atoms with E-state index in [0.717, 1.165) is 34.2 Å². The molecule has 0 saturated carbocycles. The first-order valence-electron chi connectivity index (χ1n) is 8.18. The van der Waals surface area contributed by atoms with Crippen molar-refractivity contribution >= 4 is 17.2 Å². The molecule has 1 aliphatic rings. The van der Waals surface area contributed by atoms with E-state index >= 15 is 0 Å². The fraction of sp³-hybridized carbons (Fsp3) is 0.0500. The van der Waals surface area contributed by atoms with Gasteiger partial charge in [-0.15, -0.1) is 0 Å². The summed E-state index contributed by atoms with van der Waals surface area (Å²) >= 11 is 0. The van der Waals surface area contributed by atoms with Crippen molar-refractivity contribution in [3.05, 3.63) is 72.7 Å². The molecule has 0 aliphatic carbocycles. The van der Waals surface area contributed by atoms with Crippen LogP contribution in [0.1, 0.15) is 0 Å². The summed E-state index contributed by atoms with van der Waals surface area (Å²) in [7, 11) is 0. The normalized spacial score (nSPS) is 12.5. The molecule has 0 unspecified atom stereocenters. The molecule has 26 heavy (non-hydrogen) atoms. The van der Waals surface area contributed by atoms with Crippen LogP contribution in [-0.2, 0) is 0 Å². The summed E-state index contributed by atoms with van der Waals surface area (Å²) in [6.45, 7) is 0.231. The van der Waals surface area contributed by atoms with Crippen LogP contribution < -0.4 is 14.8 Å². The molecule has 5 nitrogen and oxygen atoms in total. The quantitative estimate of drug-likeness (QED) is 0.588. The van der Waals surface area contributed by atoms with Gasteiger partial charge in [0.25, 0.3) is 0 Å². The Balaban J connectivity index is 1.63. The van der Waals surface area contributed by atoms with Gasteiger partial charge in [0.1, 0.15) is 23.0 Å². The zero-order chi connectivity index (χ0) is 17.5. The molecular formula is C20H14FN3O2. The molecule has 0 bridgehead atoms. The van der Waals surface area contributed by atoms with E-state index < -0.39 is 0 Å². The highest BCUT2D eigenvalue weighted by molar-refractivity contribution is 5.80. The van der Waals surface area contributed by atoms with Crippen LogP contribution in [0.2, 0.25) is 0 Å². The van der Waals surface area contributed by atoms with Gasteiger partial charge in [-0.05, 0) is 48.5 Å². The molecule has 5 rings (SSSR count). The molecule has 6 heteroatoms. The second-order valence-corrected chi connectivity index (χ2v) is 5.94. The molecule has 0 amide bonds. The Morgan fingerprint density at radius 3 is 2.69 bits per heavy atom. The minimum atomic E-state index is -0.275. The zero-order valence-electron chi connectivity index (χ0n) is 13.6. The number of hydrogen-bond acceptors (Lipinski definition) is 4. The highest BCUT2D eigenvalue weighted by Crippen LogP contribution is 2.37. The van der Waals surface area contributed by atoms with E-state index in [9.17, 15) is 4.39 Å². The summed E-state index contributed by atoms with van der Waals surface area (Å²) in [6.07, 6.45) is 1.94. The van der Waals surface area contributed by atoms with Gasteiger partial charge < -0.3 is 14.8 Å². The third-order valence-electron chi connectivity index (χ3n) is 4.28. The molecule has 3 heterocycles. The van der Waals surface area contributed by atoms with Crippen LogP contribution in [0.4, 0.5) is 15.9 Å². The molecular weight excluding hydrogens is 333 g/mol. The van der Waals surface area contributed by atoms with Gasteiger partial charge in [0.2, 0.25) is 6.79 Å². The molecule has 0 fully saturated rings. The predicted molar refractivity (Wildman–Crippen MR) is 96.4 cm³/mol. The topological polar surface area (TPSA) is 47.8 Å². The smallest absolute Gasteiger partial charge is 0.231 e. The van der Waals surface area contributed by atoms with E-state index in [1.165, 1.54) is 12.1 Å². The van der Waals surface area contributed by atoms with Gasteiger partial charge in [-0.25, -0.2) is 9.37 Å². The Hall–Kier alpha value is -3.54. The van der Waals surface area contributed by atoms with Crippen molar-refractivity contribution in [3.63, 3.8) is 0 Å². The average Bonchev–Trinajstić information content (AvgIpc) is 3.27. The van der Waals surface area contributed by atoms with Crippen molar-refractivity contribution in [3.8, 4) is 22.8 Å². The van der Waals surface area contributed by atoms with Gasteiger partial charge in [-0.3, -0.25) is 4.40 Å².